The van der Waals surface area contributed by atoms with Gasteiger partial charge in [-0.25, -0.2) is 0 Å². The first-order valence-electron chi connectivity index (χ1n) is 9.90. The molecule has 0 aliphatic rings. The van der Waals surface area contributed by atoms with Crippen LogP contribution in [0.15, 0.2) is 59.4 Å². The summed E-state index contributed by atoms with van der Waals surface area (Å²) >= 11 is 6.21. The summed E-state index contributed by atoms with van der Waals surface area (Å²) in [6, 6.07) is 13.6. The molecule has 0 fully saturated rings. The number of rotatable bonds is 4. The number of nitrogens with one attached hydrogen (secondary N) is 1. The van der Waals surface area contributed by atoms with E-state index in [1.54, 1.807) is 43.3 Å². The summed E-state index contributed by atoms with van der Waals surface area (Å²) < 4.78 is 49.5. The van der Waals surface area contributed by atoms with Crippen molar-refractivity contribution in [2.75, 3.05) is 14.2 Å². The van der Waals surface area contributed by atoms with Crippen molar-refractivity contribution in [3.63, 3.8) is 0 Å². The first-order chi connectivity index (χ1) is 15.6. The lowest BCUT2D eigenvalue weighted by molar-refractivity contribution is -0.137. The second-order valence-electron chi connectivity index (χ2n) is 7.48. The van der Waals surface area contributed by atoms with E-state index in [0.717, 1.165) is 12.1 Å². The summed E-state index contributed by atoms with van der Waals surface area (Å²) in [4.78, 5) is 16.5. The van der Waals surface area contributed by atoms with Crippen molar-refractivity contribution in [2.24, 2.45) is 0 Å². The predicted molar refractivity (Wildman–Crippen MR) is 123 cm³/mol. The maximum atomic E-state index is 13.2. The summed E-state index contributed by atoms with van der Waals surface area (Å²) in [6.07, 6.45) is -4.46. The van der Waals surface area contributed by atoms with Crippen LogP contribution in [0.4, 0.5) is 13.2 Å². The van der Waals surface area contributed by atoms with Crippen LogP contribution >= 0.6 is 11.6 Å². The fourth-order valence-electron chi connectivity index (χ4n) is 3.84. The van der Waals surface area contributed by atoms with Crippen LogP contribution < -0.4 is 14.9 Å². The van der Waals surface area contributed by atoms with Crippen molar-refractivity contribution in [1.29, 1.82) is 0 Å². The van der Waals surface area contributed by atoms with E-state index in [-0.39, 0.29) is 11.2 Å². The lowest BCUT2D eigenvalue weighted by Gasteiger charge is -2.14. The molecule has 4 nitrogen and oxygen atoms in total. The monoisotopic (exact) mass is 473 g/mol. The lowest BCUT2D eigenvalue weighted by Crippen LogP contribution is -2.10. The van der Waals surface area contributed by atoms with Gasteiger partial charge in [0, 0.05) is 28.3 Å². The smallest absolute Gasteiger partial charge is 0.416 e. The molecule has 1 heterocycles. The highest BCUT2D eigenvalue weighted by Gasteiger charge is 2.31. The maximum absolute atomic E-state index is 13.2. The number of aryl methyl sites for hydroxylation is 1. The molecule has 4 rings (SSSR count). The van der Waals surface area contributed by atoms with Crippen molar-refractivity contribution in [3.05, 3.63) is 81.1 Å². The van der Waals surface area contributed by atoms with Gasteiger partial charge in [0.05, 0.1) is 30.3 Å². The number of ether oxygens (including phenoxy) is 2. The average molecular weight is 474 g/mol. The Labute approximate surface area is 192 Å². The molecule has 33 heavy (non-hydrogen) atoms. The SMILES string of the molecule is COc1cc2[nH]c(C)c(-c3ccc(-c4ccc(C(F)(F)F)cc4OC)cc3)c(=O)c2cc1Cl. The molecule has 0 spiro atoms. The summed E-state index contributed by atoms with van der Waals surface area (Å²) in [6.45, 7) is 1.80. The van der Waals surface area contributed by atoms with Crippen LogP contribution in [0.25, 0.3) is 33.2 Å². The fourth-order valence-corrected chi connectivity index (χ4v) is 4.08. The zero-order valence-electron chi connectivity index (χ0n) is 17.9. The highest BCUT2D eigenvalue weighted by Crippen LogP contribution is 2.38. The Bertz CT molecular complexity index is 1410. The standard InChI is InChI=1S/C25H19ClF3NO3/c1-13-23(24(31)18-11-19(26)22(33-3)12-20(18)30-13)15-6-4-14(5-7-15)17-9-8-16(25(27,28)29)10-21(17)32-2/h4-12H,1-3H3,(H,30,31). The molecule has 0 aliphatic heterocycles. The van der Waals surface area contributed by atoms with E-state index in [4.69, 9.17) is 21.1 Å². The number of pyridine rings is 1. The van der Waals surface area contributed by atoms with Crippen LogP contribution in [-0.4, -0.2) is 19.2 Å². The molecule has 8 heteroatoms. The van der Waals surface area contributed by atoms with Crippen molar-refractivity contribution >= 4 is 22.5 Å². The first kappa shape index (κ1) is 22.7. The van der Waals surface area contributed by atoms with E-state index in [9.17, 15) is 18.0 Å². The molecule has 0 radical (unpaired) electrons. The van der Waals surface area contributed by atoms with Gasteiger partial charge in [-0.1, -0.05) is 41.9 Å². The minimum atomic E-state index is -4.46. The molecular weight excluding hydrogens is 455 g/mol. The molecule has 0 aliphatic carbocycles. The first-order valence-corrected chi connectivity index (χ1v) is 10.3. The predicted octanol–water partition coefficient (Wildman–Crippen LogP) is 6.86. The number of alkyl halides is 3. The zero-order valence-corrected chi connectivity index (χ0v) is 18.7. The number of hydrogen-bond acceptors (Lipinski definition) is 3. The molecule has 1 aromatic heterocycles. The van der Waals surface area contributed by atoms with Crippen LogP contribution in [0.3, 0.4) is 0 Å². The third kappa shape index (κ3) is 4.16. The van der Waals surface area contributed by atoms with Crippen LogP contribution in [-0.2, 0) is 6.18 Å². The summed E-state index contributed by atoms with van der Waals surface area (Å²) in [5.74, 6) is 0.572. The summed E-state index contributed by atoms with van der Waals surface area (Å²) in [5, 5.41) is 0.755. The quantitative estimate of drug-likeness (QED) is 0.352. The number of hydrogen-bond donors (Lipinski definition) is 1. The molecule has 0 unspecified atom stereocenters. The van der Waals surface area contributed by atoms with E-state index >= 15 is 0 Å². The number of aromatic amines is 1. The van der Waals surface area contributed by atoms with Gasteiger partial charge < -0.3 is 14.5 Å². The number of halogens is 4. The minimum absolute atomic E-state index is 0.112. The summed E-state index contributed by atoms with van der Waals surface area (Å²) in [5.41, 5.74) is 2.61. The van der Waals surface area contributed by atoms with Crippen molar-refractivity contribution in [2.45, 2.75) is 13.1 Å². The van der Waals surface area contributed by atoms with Gasteiger partial charge in [-0.05, 0) is 36.2 Å². The van der Waals surface area contributed by atoms with Gasteiger partial charge in [-0.15, -0.1) is 0 Å². The largest absolute Gasteiger partial charge is 0.496 e. The van der Waals surface area contributed by atoms with Gasteiger partial charge in [0.1, 0.15) is 11.5 Å². The highest BCUT2D eigenvalue weighted by atomic mass is 35.5. The van der Waals surface area contributed by atoms with Crippen LogP contribution in [0, 0.1) is 6.92 Å². The Morgan fingerprint density at radius 2 is 1.52 bits per heavy atom. The number of H-pyrrole nitrogens is 1. The van der Waals surface area contributed by atoms with Gasteiger partial charge in [-0.2, -0.15) is 13.2 Å². The lowest BCUT2D eigenvalue weighted by atomic mass is 9.97. The third-order valence-corrected chi connectivity index (χ3v) is 5.77. The molecule has 3 aromatic carbocycles. The zero-order chi connectivity index (χ0) is 23.9. The van der Waals surface area contributed by atoms with Gasteiger partial charge in [0.25, 0.3) is 0 Å². The van der Waals surface area contributed by atoms with Gasteiger partial charge in [-0.3, -0.25) is 4.79 Å². The van der Waals surface area contributed by atoms with Crippen molar-refractivity contribution in [3.8, 4) is 33.8 Å². The molecule has 1 N–H and O–H groups in total. The summed E-state index contributed by atoms with van der Waals surface area (Å²) in [7, 11) is 2.82. The van der Waals surface area contributed by atoms with Crippen molar-refractivity contribution < 1.29 is 22.6 Å². The highest BCUT2D eigenvalue weighted by molar-refractivity contribution is 6.32. The number of aromatic nitrogens is 1. The Hall–Kier alpha value is -3.45. The Morgan fingerprint density at radius 3 is 2.12 bits per heavy atom. The second kappa shape index (κ2) is 8.48. The average Bonchev–Trinajstić information content (AvgIpc) is 2.79. The molecule has 0 bridgehead atoms. The molecule has 170 valence electrons. The van der Waals surface area contributed by atoms with Crippen LogP contribution in [0.5, 0.6) is 11.5 Å². The third-order valence-electron chi connectivity index (χ3n) is 5.47. The van der Waals surface area contributed by atoms with Gasteiger partial charge in [0.15, 0.2) is 5.43 Å². The van der Waals surface area contributed by atoms with E-state index in [2.05, 4.69) is 4.98 Å². The van der Waals surface area contributed by atoms with Gasteiger partial charge in [0.2, 0.25) is 0 Å². The van der Waals surface area contributed by atoms with Gasteiger partial charge >= 0.3 is 6.18 Å². The second-order valence-corrected chi connectivity index (χ2v) is 7.88. The Balaban J connectivity index is 1.79. The Morgan fingerprint density at radius 1 is 0.879 bits per heavy atom. The van der Waals surface area contributed by atoms with E-state index < -0.39 is 11.7 Å². The fraction of sp³-hybridized carbons (Fsp3) is 0.160. The Kier molecular flexibility index (Phi) is 5.84. The number of fused-ring (bicyclic) bond motifs is 1. The topological polar surface area (TPSA) is 51.3 Å². The molecule has 0 atom stereocenters. The van der Waals surface area contributed by atoms with Crippen LogP contribution in [0.1, 0.15) is 11.3 Å². The molecular formula is C25H19ClF3NO3. The van der Waals surface area contributed by atoms with Crippen molar-refractivity contribution in [1.82, 2.24) is 4.98 Å². The number of benzene rings is 3. The normalized spacial score (nSPS) is 11.6. The van der Waals surface area contributed by atoms with E-state index in [1.165, 1.54) is 20.3 Å². The minimum Gasteiger partial charge on any atom is -0.496 e. The molecule has 4 aromatic rings. The molecule has 0 amide bonds. The molecule has 0 saturated heterocycles. The maximum Gasteiger partial charge on any atom is 0.416 e. The molecule has 0 saturated carbocycles. The van der Waals surface area contributed by atoms with Crippen LogP contribution in [0.2, 0.25) is 5.02 Å². The van der Waals surface area contributed by atoms with E-state index in [0.29, 0.717) is 49.6 Å². The number of methoxy groups -OCH3 is 2. The van der Waals surface area contributed by atoms with E-state index in [1.807, 2.05) is 0 Å².